The van der Waals surface area contributed by atoms with Crippen molar-refractivity contribution in [3.8, 4) is 0 Å². The van der Waals surface area contributed by atoms with Crippen LogP contribution in [0, 0.1) is 0 Å². The number of unbranched alkanes of at least 4 members (excludes halogenated alkanes) is 8. The molecule has 0 bridgehead atoms. The van der Waals surface area contributed by atoms with Crippen LogP contribution in [-0.2, 0) is 15.9 Å². The normalized spacial score (nSPS) is 11.4. The number of nitrogens with one attached hydrogen (secondary N) is 1. The standard InChI is InChI=1S/C24H41NO4S/c1-6-8-10-12-13-15-17-28-23(27)25-21-20(22(26)29-24(3,4)5)18-19(30-21)16-14-11-9-7-2/h18H,6-17H2,1-5H3,(H,25,27). The van der Waals surface area contributed by atoms with Crippen LogP contribution in [0.2, 0.25) is 0 Å². The number of carbonyl (C=O) groups is 2. The summed E-state index contributed by atoms with van der Waals surface area (Å²) in [6.45, 7) is 10.3. The minimum Gasteiger partial charge on any atom is -0.456 e. The van der Waals surface area contributed by atoms with E-state index in [-0.39, 0.29) is 0 Å². The number of rotatable bonds is 14. The van der Waals surface area contributed by atoms with E-state index in [9.17, 15) is 9.59 Å². The Labute approximate surface area is 186 Å². The Kier molecular flexibility index (Phi) is 12.7. The molecule has 0 saturated heterocycles. The molecule has 30 heavy (non-hydrogen) atoms. The molecule has 1 aromatic heterocycles. The summed E-state index contributed by atoms with van der Waals surface area (Å²) in [6.07, 6.45) is 11.8. The van der Waals surface area contributed by atoms with Gasteiger partial charge in [-0.2, -0.15) is 0 Å². The molecule has 1 N–H and O–H groups in total. The molecule has 0 spiro atoms. The molecule has 0 radical (unpaired) electrons. The van der Waals surface area contributed by atoms with Crippen molar-refractivity contribution in [1.82, 2.24) is 0 Å². The van der Waals surface area contributed by atoms with Crippen molar-refractivity contribution >= 4 is 28.4 Å². The fourth-order valence-electron chi connectivity index (χ4n) is 3.04. The monoisotopic (exact) mass is 439 g/mol. The van der Waals surface area contributed by atoms with Gasteiger partial charge in [-0.1, -0.05) is 65.2 Å². The molecule has 0 aliphatic heterocycles. The molecule has 0 aliphatic carbocycles. The van der Waals surface area contributed by atoms with E-state index >= 15 is 0 Å². The number of thiophene rings is 1. The maximum absolute atomic E-state index is 12.6. The third kappa shape index (κ3) is 11.6. The Morgan fingerprint density at radius 3 is 2.17 bits per heavy atom. The van der Waals surface area contributed by atoms with Crippen molar-refractivity contribution in [1.29, 1.82) is 0 Å². The quantitative estimate of drug-likeness (QED) is 0.238. The van der Waals surface area contributed by atoms with Gasteiger partial charge in [-0.15, -0.1) is 11.3 Å². The molecule has 172 valence electrons. The summed E-state index contributed by atoms with van der Waals surface area (Å²) in [6, 6.07) is 1.86. The molecular weight excluding hydrogens is 398 g/mol. The van der Waals surface area contributed by atoms with Gasteiger partial charge in [0.25, 0.3) is 0 Å². The molecule has 0 unspecified atom stereocenters. The smallest absolute Gasteiger partial charge is 0.412 e. The molecule has 1 amide bonds. The second-order valence-electron chi connectivity index (χ2n) is 8.80. The number of ether oxygens (including phenoxy) is 2. The molecular formula is C24H41NO4S. The van der Waals surface area contributed by atoms with Gasteiger partial charge in [0.2, 0.25) is 0 Å². The van der Waals surface area contributed by atoms with Gasteiger partial charge in [-0.25, -0.2) is 9.59 Å². The van der Waals surface area contributed by atoms with Crippen molar-refractivity contribution in [2.45, 2.75) is 111 Å². The maximum Gasteiger partial charge on any atom is 0.412 e. The molecule has 0 saturated carbocycles. The van der Waals surface area contributed by atoms with Crippen molar-refractivity contribution < 1.29 is 19.1 Å². The van der Waals surface area contributed by atoms with Gasteiger partial charge >= 0.3 is 12.1 Å². The van der Waals surface area contributed by atoms with E-state index in [4.69, 9.17) is 9.47 Å². The Hall–Kier alpha value is -1.56. The summed E-state index contributed by atoms with van der Waals surface area (Å²) in [5.41, 5.74) is -0.174. The average molecular weight is 440 g/mol. The van der Waals surface area contributed by atoms with E-state index in [2.05, 4.69) is 19.2 Å². The molecule has 5 nitrogen and oxygen atoms in total. The van der Waals surface area contributed by atoms with Crippen LogP contribution in [0.4, 0.5) is 9.80 Å². The number of anilines is 1. The van der Waals surface area contributed by atoms with Gasteiger partial charge in [-0.05, 0) is 46.1 Å². The second-order valence-corrected chi connectivity index (χ2v) is 9.93. The molecule has 1 heterocycles. The third-order valence-corrected chi connectivity index (χ3v) is 5.74. The van der Waals surface area contributed by atoms with Gasteiger partial charge in [0, 0.05) is 4.88 Å². The van der Waals surface area contributed by atoms with Crippen LogP contribution in [0.3, 0.4) is 0 Å². The van der Waals surface area contributed by atoms with Crippen molar-refractivity contribution in [3.05, 3.63) is 16.5 Å². The average Bonchev–Trinajstić information content (AvgIpc) is 3.06. The Morgan fingerprint density at radius 2 is 1.53 bits per heavy atom. The van der Waals surface area contributed by atoms with Gasteiger partial charge < -0.3 is 9.47 Å². The number of amides is 1. The summed E-state index contributed by atoms with van der Waals surface area (Å²) in [4.78, 5) is 25.9. The summed E-state index contributed by atoms with van der Waals surface area (Å²) in [5.74, 6) is -0.412. The Morgan fingerprint density at radius 1 is 0.933 bits per heavy atom. The fourth-order valence-corrected chi connectivity index (χ4v) is 4.12. The lowest BCUT2D eigenvalue weighted by Gasteiger charge is -2.19. The number of hydrogen-bond donors (Lipinski definition) is 1. The topological polar surface area (TPSA) is 64.6 Å². The van der Waals surface area contributed by atoms with Crippen molar-refractivity contribution in [2.75, 3.05) is 11.9 Å². The molecule has 0 aromatic carbocycles. The minimum absolute atomic E-state index is 0.398. The zero-order valence-electron chi connectivity index (χ0n) is 19.6. The molecule has 0 atom stereocenters. The Bertz CT molecular complexity index is 634. The molecule has 6 heteroatoms. The predicted octanol–water partition coefficient (Wildman–Crippen LogP) is 7.74. The highest BCUT2D eigenvalue weighted by Crippen LogP contribution is 2.31. The lowest BCUT2D eigenvalue weighted by molar-refractivity contribution is 0.00712. The number of carbonyl (C=O) groups excluding carboxylic acids is 2. The van der Waals surface area contributed by atoms with Gasteiger partial charge in [0.1, 0.15) is 10.6 Å². The van der Waals surface area contributed by atoms with Crippen LogP contribution < -0.4 is 5.32 Å². The maximum atomic E-state index is 12.6. The second kappa shape index (κ2) is 14.4. The lowest BCUT2D eigenvalue weighted by atomic mass is 10.1. The van der Waals surface area contributed by atoms with E-state index in [1.165, 1.54) is 56.3 Å². The molecule has 0 fully saturated rings. The summed E-state index contributed by atoms with van der Waals surface area (Å²) in [5, 5.41) is 3.28. The highest BCUT2D eigenvalue weighted by atomic mass is 32.1. The molecule has 1 aromatic rings. The van der Waals surface area contributed by atoms with Crippen molar-refractivity contribution in [2.24, 2.45) is 0 Å². The van der Waals surface area contributed by atoms with Crippen LogP contribution >= 0.6 is 11.3 Å². The summed E-state index contributed by atoms with van der Waals surface area (Å²) >= 11 is 1.44. The highest BCUT2D eigenvalue weighted by Gasteiger charge is 2.24. The summed E-state index contributed by atoms with van der Waals surface area (Å²) < 4.78 is 10.8. The fraction of sp³-hybridized carbons (Fsp3) is 0.750. The number of aryl methyl sites for hydroxylation is 1. The van der Waals surface area contributed by atoms with E-state index in [0.717, 1.165) is 30.6 Å². The molecule has 0 aliphatic rings. The SMILES string of the molecule is CCCCCCCCOC(=O)Nc1sc(CCCCCC)cc1C(=O)OC(C)(C)C. The van der Waals surface area contributed by atoms with Gasteiger partial charge in [-0.3, -0.25) is 5.32 Å². The number of hydrogen-bond acceptors (Lipinski definition) is 5. The van der Waals surface area contributed by atoms with Crippen LogP contribution in [0.1, 0.15) is 114 Å². The summed E-state index contributed by atoms with van der Waals surface area (Å²) in [7, 11) is 0. The van der Waals surface area contributed by atoms with Crippen LogP contribution in [0.5, 0.6) is 0 Å². The van der Waals surface area contributed by atoms with E-state index in [0.29, 0.717) is 17.2 Å². The van der Waals surface area contributed by atoms with Crippen LogP contribution in [0.15, 0.2) is 6.07 Å². The minimum atomic E-state index is -0.587. The van der Waals surface area contributed by atoms with Gasteiger partial charge in [0.15, 0.2) is 0 Å². The van der Waals surface area contributed by atoms with E-state index < -0.39 is 17.7 Å². The first-order chi connectivity index (χ1) is 14.3. The first-order valence-electron chi connectivity index (χ1n) is 11.6. The molecule has 1 rings (SSSR count). The first-order valence-corrected chi connectivity index (χ1v) is 12.4. The van der Waals surface area contributed by atoms with Crippen LogP contribution in [-0.4, -0.2) is 24.3 Å². The van der Waals surface area contributed by atoms with E-state index in [1.54, 1.807) is 0 Å². The zero-order chi connectivity index (χ0) is 22.4. The lowest BCUT2D eigenvalue weighted by Crippen LogP contribution is -2.24. The first kappa shape index (κ1) is 26.5. The largest absolute Gasteiger partial charge is 0.456 e. The highest BCUT2D eigenvalue weighted by molar-refractivity contribution is 7.16. The Balaban J connectivity index is 2.64. The van der Waals surface area contributed by atoms with Gasteiger partial charge in [0.05, 0.1) is 12.2 Å². The third-order valence-electron chi connectivity index (χ3n) is 4.63. The number of esters is 1. The zero-order valence-corrected chi connectivity index (χ0v) is 20.4. The van der Waals surface area contributed by atoms with E-state index in [1.807, 2.05) is 26.8 Å². The predicted molar refractivity (Wildman–Crippen MR) is 126 cm³/mol. The van der Waals surface area contributed by atoms with Crippen molar-refractivity contribution in [3.63, 3.8) is 0 Å². The van der Waals surface area contributed by atoms with Crippen LogP contribution in [0.25, 0.3) is 0 Å².